The molecule has 0 amide bonds. The second kappa shape index (κ2) is 6.29. The molecule has 0 bridgehead atoms. The second-order valence-corrected chi connectivity index (χ2v) is 4.65. The van der Waals surface area contributed by atoms with Crippen LogP contribution in [0.1, 0.15) is 17.6 Å². The third-order valence-electron chi connectivity index (χ3n) is 3.00. The van der Waals surface area contributed by atoms with Gasteiger partial charge in [-0.25, -0.2) is 8.78 Å². The fraction of sp³-hybridized carbons (Fsp3) is 0.200. The van der Waals surface area contributed by atoms with Crippen molar-refractivity contribution >= 4 is 0 Å². The van der Waals surface area contributed by atoms with Gasteiger partial charge in [0, 0.05) is 11.1 Å². The number of hydrogen-bond acceptors (Lipinski definition) is 1. The summed E-state index contributed by atoms with van der Waals surface area (Å²) in [6.45, 7) is 0. The van der Waals surface area contributed by atoms with Gasteiger partial charge in [0.25, 0.3) is 6.43 Å². The van der Waals surface area contributed by atoms with Crippen molar-refractivity contribution in [1.29, 1.82) is 0 Å². The molecule has 0 aliphatic carbocycles. The first-order valence-electron chi connectivity index (χ1n) is 6.33. The van der Waals surface area contributed by atoms with Crippen LogP contribution in [0.2, 0.25) is 0 Å². The van der Waals surface area contributed by atoms with Gasteiger partial charge < -0.3 is 4.74 Å². The molecule has 9 heteroatoms. The number of alkyl halides is 8. The minimum atomic E-state index is -5.11. The molecule has 0 radical (unpaired) electrons. The van der Waals surface area contributed by atoms with Crippen molar-refractivity contribution < 1.29 is 39.9 Å². The van der Waals surface area contributed by atoms with Crippen LogP contribution in [0.4, 0.5) is 35.1 Å². The zero-order valence-corrected chi connectivity index (χ0v) is 11.6. The topological polar surface area (TPSA) is 9.23 Å². The molecule has 0 atom stereocenters. The van der Waals surface area contributed by atoms with Crippen molar-refractivity contribution in [2.24, 2.45) is 0 Å². The Labute approximate surface area is 130 Å². The Bertz CT molecular complexity index is 718. The van der Waals surface area contributed by atoms with Crippen molar-refractivity contribution in [2.45, 2.75) is 19.0 Å². The summed E-state index contributed by atoms with van der Waals surface area (Å²) >= 11 is 0. The number of halogens is 8. The smallest absolute Gasteiger partial charge is 0.405 e. The molecule has 0 N–H and O–H groups in total. The monoisotopic (exact) mass is 356 g/mol. The minimum Gasteiger partial charge on any atom is -0.405 e. The Hall–Kier alpha value is -2.32. The Kier molecular flexibility index (Phi) is 4.73. The number of rotatable bonds is 3. The second-order valence-electron chi connectivity index (χ2n) is 4.65. The van der Waals surface area contributed by atoms with E-state index >= 15 is 0 Å². The highest BCUT2D eigenvalue weighted by atomic mass is 19.4. The average molecular weight is 356 g/mol. The van der Waals surface area contributed by atoms with Crippen LogP contribution in [0.5, 0.6) is 5.75 Å². The van der Waals surface area contributed by atoms with Crippen LogP contribution in [0.3, 0.4) is 0 Å². The lowest BCUT2D eigenvalue weighted by atomic mass is 9.96. The zero-order valence-electron chi connectivity index (χ0n) is 11.6. The van der Waals surface area contributed by atoms with Crippen LogP contribution in [-0.2, 0) is 6.18 Å². The third-order valence-corrected chi connectivity index (χ3v) is 3.00. The van der Waals surface area contributed by atoms with Gasteiger partial charge in [0.2, 0.25) is 0 Å². The summed E-state index contributed by atoms with van der Waals surface area (Å²) in [4.78, 5) is 0. The average Bonchev–Trinajstić information content (AvgIpc) is 2.44. The van der Waals surface area contributed by atoms with E-state index in [2.05, 4.69) is 4.74 Å². The SMILES string of the molecule is FC(F)c1ccc(-c2ccccc2OC(F)(F)F)c(C(F)(F)F)c1. The summed E-state index contributed by atoms with van der Waals surface area (Å²) < 4.78 is 106. The molecule has 2 aromatic rings. The minimum absolute atomic E-state index is 0.213. The Morgan fingerprint density at radius 2 is 1.42 bits per heavy atom. The van der Waals surface area contributed by atoms with Crippen molar-refractivity contribution in [1.82, 2.24) is 0 Å². The molecule has 0 fully saturated rings. The van der Waals surface area contributed by atoms with E-state index in [1.54, 1.807) is 0 Å². The number of para-hydroxylation sites is 1. The van der Waals surface area contributed by atoms with Crippen LogP contribution in [0, 0.1) is 0 Å². The zero-order chi connectivity index (χ0) is 18.1. The van der Waals surface area contributed by atoms with E-state index in [1.807, 2.05) is 0 Å². The molecule has 1 nitrogen and oxygen atoms in total. The van der Waals surface area contributed by atoms with E-state index in [1.165, 1.54) is 6.07 Å². The lowest BCUT2D eigenvalue weighted by Crippen LogP contribution is -2.18. The summed E-state index contributed by atoms with van der Waals surface area (Å²) in [7, 11) is 0. The van der Waals surface area contributed by atoms with Crippen molar-refractivity contribution in [3.8, 4) is 16.9 Å². The summed E-state index contributed by atoms with van der Waals surface area (Å²) in [6.07, 6.45) is -13.3. The van der Waals surface area contributed by atoms with Gasteiger partial charge in [0.1, 0.15) is 5.75 Å². The molecule has 0 saturated carbocycles. The van der Waals surface area contributed by atoms with Gasteiger partial charge in [-0.1, -0.05) is 30.3 Å². The van der Waals surface area contributed by atoms with Crippen molar-refractivity contribution in [2.75, 3.05) is 0 Å². The molecule has 0 aliphatic rings. The molecule has 130 valence electrons. The first-order chi connectivity index (χ1) is 11.0. The molecular formula is C15H8F8O. The highest BCUT2D eigenvalue weighted by molar-refractivity contribution is 5.74. The van der Waals surface area contributed by atoms with Gasteiger partial charge in [0.15, 0.2) is 0 Å². The lowest BCUT2D eigenvalue weighted by Gasteiger charge is -2.18. The van der Waals surface area contributed by atoms with Gasteiger partial charge in [-0.15, -0.1) is 13.2 Å². The van der Waals surface area contributed by atoms with Gasteiger partial charge in [-0.3, -0.25) is 0 Å². The van der Waals surface area contributed by atoms with Gasteiger partial charge in [0.05, 0.1) is 5.56 Å². The number of ether oxygens (including phenoxy) is 1. The fourth-order valence-electron chi connectivity index (χ4n) is 2.07. The quantitative estimate of drug-likeness (QED) is 0.594. The predicted octanol–water partition coefficient (Wildman–Crippen LogP) is 6.21. The van der Waals surface area contributed by atoms with E-state index in [4.69, 9.17) is 0 Å². The van der Waals surface area contributed by atoms with E-state index in [9.17, 15) is 35.1 Å². The first kappa shape index (κ1) is 18.0. The summed E-state index contributed by atoms with van der Waals surface area (Å²) in [5.41, 5.74) is -3.56. The molecule has 0 unspecified atom stereocenters. The van der Waals surface area contributed by atoms with Crippen molar-refractivity contribution in [3.05, 3.63) is 53.6 Å². The molecular weight excluding hydrogens is 348 g/mol. The molecule has 0 heterocycles. The highest BCUT2D eigenvalue weighted by Crippen LogP contribution is 2.42. The first-order valence-corrected chi connectivity index (χ1v) is 6.33. The maximum Gasteiger partial charge on any atom is 0.573 e. The molecule has 0 aliphatic heterocycles. The van der Waals surface area contributed by atoms with E-state index < -0.39 is 47.0 Å². The van der Waals surface area contributed by atoms with Crippen LogP contribution < -0.4 is 4.74 Å². The predicted molar refractivity (Wildman–Crippen MR) is 68.5 cm³/mol. The van der Waals surface area contributed by atoms with Gasteiger partial charge >= 0.3 is 12.5 Å². The van der Waals surface area contributed by atoms with Crippen molar-refractivity contribution in [3.63, 3.8) is 0 Å². The van der Waals surface area contributed by atoms with Crippen LogP contribution in [0.25, 0.3) is 11.1 Å². The summed E-state index contributed by atoms with van der Waals surface area (Å²) in [5.74, 6) is -0.861. The standard InChI is InChI=1S/C15H8F8O/c16-13(17)8-5-6-9(11(7-8)14(18,19)20)10-3-1-2-4-12(10)24-15(21,22)23/h1-7,13H. The molecule has 2 rings (SSSR count). The third kappa shape index (κ3) is 4.15. The molecule has 0 aromatic heterocycles. The number of hydrogen-bond donors (Lipinski definition) is 0. The lowest BCUT2D eigenvalue weighted by molar-refractivity contribution is -0.274. The van der Waals surface area contributed by atoms with Crippen LogP contribution in [-0.4, -0.2) is 6.36 Å². The van der Waals surface area contributed by atoms with Crippen LogP contribution in [0.15, 0.2) is 42.5 Å². The van der Waals surface area contributed by atoms with E-state index in [0.717, 1.165) is 24.3 Å². The summed E-state index contributed by atoms with van der Waals surface area (Å²) in [6, 6.07) is 5.80. The summed E-state index contributed by atoms with van der Waals surface area (Å²) in [5, 5.41) is 0. The maximum absolute atomic E-state index is 13.1. The molecule has 0 saturated heterocycles. The fourth-order valence-corrected chi connectivity index (χ4v) is 2.07. The van der Waals surface area contributed by atoms with E-state index in [-0.39, 0.29) is 6.07 Å². The normalized spacial score (nSPS) is 12.5. The van der Waals surface area contributed by atoms with Crippen LogP contribution >= 0.6 is 0 Å². The molecule has 24 heavy (non-hydrogen) atoms. The number of benzene rings is 2. The van der Waals surface area contributed by atoms with Gasteiger partial charge in [-0.05, 0) is 17.7 Å². The van der Waals surface area contributed by atoms with E-state index in [0.29, 0.717) is 6.07 Å². The maximum atomic E-state index is 13.1. The Morgan fingerprint density at radius 3 is 1.96 bits per heavy atom. The highest BCUT2D eigenvalue weighted by Gasteiger charge is 2.37. The van der Waals surface area contributed by atoms with Gasteiger partial charge in [-0.2, -0.15) is 13.2 Å². The molecule has 2 aromatic carbocycles. The largest absolute Gasteiger partial charge is 0.573 e. The molecule has 0 spiro atoms. The Morgan fingerprint density at radius 1 is 0.792 bits per heavy atom. The Balaban J connectivity index is 2.65.